The summed E-state index contributed by atoms with van der Waals surface area (Å²) < 4.78 is 13.2. The standard InChI is InChI=1S/C22H28N6O3S/c1-4-28-18(14-27-13-7-5-6-8-19(27)29)23-26-22(28)32-15(2)20-24-25-21(31-20)16-9-11-17(30-3)12-10-16/h9-12,15H,4-8,13-14H2,1-3H3/t15-/m1/s1. The maximum absolute atomic E-state index is 12.4. The third-order valence-electron chi connectivity index (χ3n) is 5.52. The predicted molar refractivity (Wildman–Crippen MR) is 120 cm³/mol. The van der Waals surface area contributed by atoms with Crippen LogP contribution in [0.3, 0.4) is 0 Å². The molecule has 1 aliphatic rings. The number of hydrogen-bond acceptors (Lipinski definition) is 8. The number of ether oxygens (including phenoxy) is 1. The molecule has 0 aliphatic carbocycles. The highest BCUT2D eigenvalue weighted by Gasteiger charge is 2.23. The Morgan fingerprint density at radius 1 is 1.12 bits per heavy atom. The van der Waals surface area contributed by atoms with Crippen LogP contribution < -0.4 is 4.74 Å². The quantitative estimate of drug-likeness (QED) is 0.467. The van der Waals surface area contributed by atoms with Crippen molar-refractivity contribution in [2.24, 2.45) is 0 Å². The van der Waals surface area contributed by atoms with E-state index in [0.29, 0.717) is 24.7 Å². The van der Waals surface area contributed by atoms with E-state index in [1.807, 2.05) is 36.1 Å². The van der Waals surface area contributed by atoms with E-state index in [1.165, 1.54) is 11.8 Å². The fourth-order valence-corrected chi connectivity index (χ4v) is 4.64. The van der Waals surface area contributed by atoms with Gasteiger partial charge in [-0.25, -0.2) is 0 Å². The molecular weight excluding hydrogens is 428 g/mol. The average molecular weight is 457 g/mol. The van der Waals surface area contributed by atoms with Gasteiger partial charge in [0.2, 0.25) is 17.7 Å². The molecule has 1 atom stereocenters. The van der Waals surface area contributed by atoms with Crippen LogP contribution >= 0.6 is 11.8 Å². The zero-order chi connectivity index (χ0) is 22.5. The first-order valence-electron chi connectivity index (χ1n) is 10.9. The molecule has 10 heteroatoms. The lowest BCUT2D eigenvalue weighted by Gasteiger charge is -2.20. The molecule has 3 heterocycles. The molecule has 1 aromatic carbocycles. The second kappa shape index (κ2) is 10.2. The van der Waals surface area contributed by atoms with Crippen LogP contribution in [-0.2, 0) is 17.9 Å². The van der Waals surface area contributed by atoms with Gasteiger partial charge in [0.1, 0.15) is 5.75 Å². The second-order valence-corrected chi connectivity index (χ2v) is 9.01. The molecule has 1 fully saturated rings. The zero-order valence-electron chi connectivity index (χ0n) is 18.7. The first-order valence-corrected chi connectivity index (χ1v) is 11.8. The van der Waals surface area contributed by atoms with Gasteiger partial charge in [0.15, 0.2) is 11.0 Å². The van der Waals surface area contributed by atoms with Crippen molar-refractivity contribution in [3.05, 3.63) is 36.0 Å². The number of methoxy groups -OCH3 is 1. The van der Waals surface area contributed by atoms with Crippen LogP contribution in [-0.4, -0.2) is 49.4 Å². The van der Waals surface area contributed by atoms with Crippen LogP contribution in [0.4, 0.5) is 0 Å². The van der Waals surface area contributed by atoms with Gasteiger partial charge in [0.05, 0.1) is 18.9 Å². The van der Waals surface area contributed by atoms with Gasteiger partial charge in [-0.05, 0) is 51.0 Å². The van der Waals surface area contributed by atoms with E-state index in [2.05, 4.69) is 31.9 Å². The van der Waals surface area contributed by atoms with Crippen molar-refractivity contribution in [1.82, 2.24) is 29.9 Å². The van der Waals surface area contributed by atoms with Crippen molar-refractivity contribution in [1.29, 1.82) is 0 Å². The minimum absolute atomic E-state index is 0.100. The summed E-state index contributed by atoms with van der Waals surface area (Å²) in [5.41, 5.74) is 0.836. The Hall–Kier alpha value is -2.88. The molecule has 4 rings (SSSR count). The first-order chi connectivity index (χ1) is 15.6. The van der Waals surface area contributed by atoms with Crippen LogP contribution in [0.5, 0.6) is 5.75 Å². The molecule has 0 unspecified atom stereocenters. The van der Waals surface area contributed by atoms with E-state index < -0.39 is 0 Å². The maximum atomic E-state index is 12.4. The average Bonchev–Trinajstić information content (AvgIpc) is 3.40. The minimum atomic E-state index is -0.100. The normalized spacial score (nSPS) is 15.6. The number of likely N-dealkylation sites (tertiary alicyclic amines) is 1. The van der Waals surface area contributed by atoms with E-state index in [0.717, 1.165) is 54.6 Å². The summed E-state index contributed by atoms with van der Waals surface area (Å²) in [6.07, 6.45) is 3.73. The van der Waals surface area contributed by atoms with E-state index in [4.69, 9.17) is 9.15 Å². The van der Waals surface area contributed by atoms with Crippen molar-refractivity contribution < 1.29 is 13.9 Å². The van der Waals surface area contributed by atoms with Crippen molar-refractivity contribution in [3.63, 3.8) is 0 Å². The largest absolute Gasteiger partial charge is 0.497 e. The van der Waals surface area contributed by atoms with Gasteiger partial charge in [-0.2, -0.15) is 0 Å². The van der Waals surface area contributed by atoms with Gasteiger partial charge in [-0.1, -0.05) is 18.2 Å². The van der Waals surface area contributed by atoms with Crippen LogP contribution in [0.15, 0.2) is 33.8 Å². The van der Waals surface area contributed by atoms with Crippen LogP contribution in [0.1, 0.15) is 56.5 Å². The monoisotopic (exact) mass is 456 g/mol. The molecule has 0 spiro atoms. The molecule has 170 valence electrons. The van der Waals surface area contributed by atoms with Gasteiger partial charge >= 0.3 is 0 Å². The number of amides is 1. The number of hydrogen-bond donors (Lipinski definition) is 0. The Balaban J connectivity index is 1.45. The van der Waals surface area contributed by atoms with Gasteiger partial charge in [0, 0.05) is 25.1 Å². The van der Waals surface area contributed by atoms with Crippen molar-refractivity contribution in [2.75, 3.05) is 13.7 Å². The van der Waals surface area contributed by atoms with E-state index in [9.17, 15) is 4.79 Å². The molecule has 0 saturated carbocycles. The smallest absolute Gasteiger partial charge is 0.247 e. The predicted octanol–water partition coefficient (Wildman–Crippen LogP) is 4.11. The van der Waals surface area contributed by atoms with Crippen molar-refractivity contribution in [2.45, 2.75) is 63.0 Å². The molecular formula is C22H28N6O3S. The lowest BCUT2D eigenvalue weighted by atomic mass is 10.2. The third-order valence-corrected chi connectivity index (χ3v) is 6.59. The number of nitrogens with zero attached hydrogens (tertiary/aromatic N) is 6. The number of thioether (sulfide) groups is 1. The van der Waals surface area contributed by atoms with E-state index >= 15 is 0 Å². The number of benzene rings is 1. The summed E-state index contributed by atoms with van der Waals surface area (Å²) in [5.74, 6) is 2.77. The lowest BCUT2D eigenvalue weighted by molar-refractivity contribution is -0.131. The topological polar surface area (TPSA) is 99.2 Å². The molecule has 9 nitrogen and oxygen atoms in total. The molecule has 3 aromatic rings. The lowest BCUT2D eigenvalue weighted by Crippen LogP contribution is -2.31. The highest BCUT2D eigenvalue weighted by molar-refractivity contribution is 7.99. The Bertz CT molecular complexity index is 1050. The van der Waals surface area contributed by atoms with Gasteiger partial charge in [0.25, 0.3) is 0 Å². The van der Waals surface area contributed by atoms with Crippen molar-refractivity contribution >= 4 is 17.7 Å². The fraction of sp³-hybridized carbons (Fsp3) is 0.500. The fourth-order valence-electron chi connectivity index (χ4n) is 3.67. The van der Waals surface area contributed by atoms with Crippen LogP contribution in [0.25, 0.3) is 11.5 Å². The second-order valence-electron chi connectivity index (χ2n) is 7.70. The summed E-state index contributed by atoms with van der Waals surface area (Å²) >= 11 is 1.52. The summed E-state index contributed by atoms with van der Waals surface area (Å²) in [7, 11) is 1.63. The van der Waals surface area contributed by atoms with Gasteiger partial charge in [-0.3, -0.25) is 4.79 Å². The maximum Gasteiger partial charge on any atom is 0.247 e. The molecule has 1 aliphatic heterocycles. The molecule has 1 saturated heterocycles. The summed E-state index contributed by atoms with van der Waals surface area (Å²) in [6.45, 7) is 6.06. The van der Waals surface area contributed by atoms with Gasteiger partial charge in [-0.15, -0.1) is 20.4 Å². The van der Waals surface area contributed by atoms with E-state index in [1.54, 1.807) is 7.11 Å². The molecule has 0 bridgehead atoms. The third kappa shape index (κ3) is 4.95. The number of rotatable bonds is 8. The van der Waals surface area contributed by atoms with Crippen molar-refractivity contribution in [3.8, 4) is 17.2 Å². The summed E-state index contributed by atoms with van der Waals surface area (Å²) in [4.78, 5) is 14.3. The highest BCUT2D eigenvalue weighted by atomic mass is 32.2. The Morgan fingerprint density at radius 3 is 2.69 bits per heavy atom. The Morgan fingerprint density at radius 2 is 1.94 bits per heavy atom. The molecule has 2 aromatic heterocycles. The summed E-state index contributed by atoms with van der Waals surface area (Å²) in [6, 6.07) is 7.49. The Labute approximate surface area is 191 Å². The minimum Gasteiger partial charge on any atom is -0.497 e. The number of carbonyl (C=O) groups excluding carboxylic acids is 1. The SMILES string of the molecule is CCn1c(CN2CCCCCC2=O)nnc1S[C@H](C)c1nnc(-c2ccc(OC)cc2)o1. The molecule has 1 amide bonds. The van der Waals surface area contributed by atoms with E-state index in [-0.39, 0.29) is 11.2 Å². The van der Waals surface area contributed by atoms with Crippen LogP contribution in [0.2, 0.25) is 0 Å². The number of aromatic nitrogens is 5. The molecule has 0 N–H and O–H groups in total. The zero-order valence-corrected chi connectivity index (χ0v) is 19.5. The van der Waals surface area contributed by atoms with Crippen LogP contribution in [0, 0.1) is 0 Å². The Kier molecular flexibility index (Phi) is 7.09. The van der Waals surface area contributed by atoms with Gasteiger partial charge < -0.3 is 18.6 Å². The molecule has 0 radical (unpaired) electrons. The number of carbonyl (C=O) groups is 1. The summed E-state index contributed by atoms with van der Waals surface area (Å²) in [5, 5.41) is 17.9. The first kappa shape index (κ1) is 22.3. The highest BCUT2D eigenvalue weighted by Crippen LogP contribution is 2.35. The molecule has 32 heavy (non-hydrogen) atoms.